The normalized spacial score (nSPS) is 10.5. The summed E-state index contributed by atoms with van der Waals surface area (Å²) in [7, 11) is 2.08. The minimum Gasteiger partial charge on any atom is -0.507 e. The third-order valence-electron chi connectivity index (χ3n) is 3.20. The van der Waals surface area contributed by atoms with E-state index in [1.807, 2.05) is 12.1 Å². The van der Waals surface area contributed by atoms with E-state index >= 15 is 0 Å². The van der Waals surface area contributed by atoms with E-state index in [1.54, 1.807) is 6.07 Å². The molecule has 0 radical (unpaired) electrons. The Morgan fingerprint density at radius 3 is 2.47 bits per heavy atom. The number of anilines is 1. The van der Waals surface area contributed by atoms with Crippen LogP contribution in [0.1, 0.15) is 16.7 Å². The summed E-state index contributed by atoms with van der Waals surface area (Å²) in [6.07, 6.45) is 0. The Labute approximate surface area is 122 Å². The van der Waals surface area contributed by atoms with E-state index in [1.165, 1.54) is 16.8 Å². The highest BCUT2D eigenvalue weighted by molar-refractivity contribution is 9.10. The molecular formula is C16H18BrNO. The van der Waals surface area contributed by atoms with Gasteiger partial charge in [-0.15, -0.1) is 0 Å². The molecule has 2 rings (SSSR count). The molecule has 2 aromatic rings. The van der Waals surface area contributed by atoms with Crippen LogP contribution in [0, 0.1) is 13.8 Å². The SMILES string of the molecule is Cc1ccc(N(C)Cc2ccc(O)c(Br)c2)c(C)c1. The van der Waals surface area contributed by atoms with Crippen molar-refractivity contribution >= 4 is 21.6 Å². The molecule has 0 fully saturated rings. The lowest BCUT2D eigenvalue weighted by molar-refractivity contribution is 0.471. The molecule has 0 aliphatic carbocycles. The molecule has 1 N–H and O–H groups in total. The molecule has 0 bridgehead atoms. The highest BCUT2D eigenvalue weighted by Gasteiger charge is 2.07. The zero-order valence-electron chi connectivity index (χ0n) is 11.4. The topological polar surface area (TPSA) is 23.5 Å². The van der Waals surface area contributed by atoms with Crippen LogP contribution in [0.5, 0.6) is 5.75 Å². The number of aryl methyl sites for hydroxylation is 2. The van der Waals surface area contributed by atoms with Crippen LogP contribution in [0.15, 0.2) is 40.9 Å². The maximum atomic E-state index is 9.51. The summed E-state index contributed by atoms with van der Waals surface area (Å²) in [5, 5.41) is 9.51. The van der Waals surface area contributed by atoms with E-state index in [4.69, 9.17) is 0 Å². The molecule has 0 spiro atoms. The van der Waals surface area contributed by atoms with Crippen molar-refractivity contribution in [3.8, 4) is 5.75 Å². The van der Waals surface area contributed by atoms with Gasteiger partial charge in [-0.2, -0.15) is 0 Å². The fourth-order valence-electron chi connectivity index (χ4n) is 2.24. The number of phenolic OH excluding ortho intramolecular Hbond substituents is 1. The van der Waals surface area contributed by atoms with Gasteiger partial charge in [0.05, 0.1) is 4.47 Å². The zero-order chi connectivity index (χ0) is 14.0. The van der Waals surface area contributed by atoms with Crippen molar-refractivity contribution in [1.29, 1.82) is 0 Å². The first kappa shape index (κ1) is 13.9. The maximum Gasteiger partial charge on any atom is 0.129 e. The second-order valence-electron chi connectivity index (χ2n) is 4.93. The molecular weight excluding hydrogens is 302 g/mol. The molecule has 0 aliphatic heterocycles. The lowest BCUT2D eigenvalue weighted by Crippen LogP contribution is -2.17. The van der Waals surface area contributed by atoms with Gasteiger partial charge in [0.25, 0.3) is 0 Å². The molecule has 0 atom stereocenters. The zero-order valence-corrected chi connectivity index (χ0v) is 13.0. The van der Waals surface area contributed by atoms with Crippen LogP contribution in [0.2, 0.25) is 0 Å². The third kappa shape index (κ3) is 3.29. The van der Waals surface area contributed by atoms with Crippen molar-refractivity contribution in [2.24, 2.45) is 0 Å². The summed E-state index contributed by atoms with van der Waals surface area (Å²) >= 11 is 3.35. The average molecular weight is 320 g/mol. The number of halogens is 1. The van der Waals surface area contributed by atoms with E-state index in [-0.39, 0.29) is 5.75 Å². The van der Waals surface area contributed by atoms with Gasteiger partial charge in [-0.05, 0) is 59.1 Å². The van der Waals surface area contributed by atoms with Crippen LogP contribution in [0.4, 0.5) is 5.69 Å². The average Bonchev–Trinajstić information content (AvgIpc) is 2.33. The van der Waals surface area contributed by atoms with Gasteiger partial charge in [0.2, 0.25) is 0 Å². The number of hydrogen-bond donors (Lipinski definition) is 1. The van der Waals surface area contributed by atoms with Gasteiger partial charge >= 0.3 is 0 Å². The lowest BCUT2D eigenvalue weighted by Gasteiger charge is -2.22. The van der Waals surface area contributed by atoms with Crippen molar-refractivity contribution in [2.75, 3.05) is 11.9 Å². The standard InChI is InChI=1S/C16H18BrNO/c1-11-4-6-15(12(2)8-11)18(3)10-13-5-7-16(19)14(17)9-13/h4-9,19H,10H2,1-3H3. The Hall–Kier alpha value is -1.48. The first-order valence-corrected chi connectivity index (χ1v) is 7.02. The minimum atomic E-state index is 0.276. The summed E-state index contributed by atoms with van der Waals surface area (Å²) < 4.78 is 0.735. The largest absolute Gasteiger partial charge is 0.507 e. The molecule has 100 valence electrons. The molecule has 0 amide bonds. The van der Waals surface area contributed by atoms with Gasteiger partial charge < -0.3 is 10.0 Å². The van der Waals surface area contributed by atoms with Gasteiger partial charge in [-0.3, -0.25) is 0 Å². The van der Waals surface area contributed by atoms with Crippen molar-refractivity contribution in [3.63, 3.8) is 0 Å². The predicted octanol–water partition coefficient (Wildman–Crippen LogP) is 4.41. The van der Waals surface area contributed by atoms with Crippen LogP contribution in [-0.2, 0) is 6.54 Å². The van der Waals surface area contributed by atoms with Crippen molar-refractivity contribution in [3.05, 3.63) is 57.6 Å². The van der Waals surface area contributed by atoms with Gasteiger partial charge in [0, 0.05) is 19.3 Å². The first-order valence-electron chi connectivity index (χ1n) is 6.23. The van der Waals surface area contributed by atoms with Gasteiger partial charge in [-0.25, -0.2) is 0 Å². The van der Waals surface area contributed by atoms with Crippen molar-refractivity contribution < 1.29 is 5.11 Å². The number of phenols is 1. The third-order valence-corrected chi connectivity index (χ3v) is 3.83. The Balaban J connectivity index is 2.20. The van der Waals surface area contributed by atoms with Crippen molar-refractivity contribution in [1.82, 2.24) is 0 Å². The van der Waals surface area contributed by atoms with E-state index in [9.17, 15) is 5.11 Å². The molecule has 2 aromatic carbocycles. The summed E-state index contributed by atoms with van der Waals surface area (Å²) in [4.78, 5) is 2.22. The van der Waals surface area contributed by atoms with Gasteiger partial charge in [0.1, 0.15) is 5.75 Å². The van der Waals surface area contributed by atoms with E-state index in [2.05, 4.69) is 59.9 Å². The van der Waals surface area contributed by atoms with Crippen LogP contribution >= 0.6 is 15.9 Å². The molecule has 19 heavy (non-hydrogen) atoms. The first-order chi connectivity index (χ1) is 8.97. The van der Waals surface area contributed by atoms with Crippen LogP contribution in [-0.4, -0.2) is 12.2 Å². The molecule has 0 heterocycles. The molecule has 0 saturated carbocycles. The van der Waals surface area contributed by atoms with E-state index in [0.29, 0.717) is 0 Å². The Morgan fingerprint density at radius 1 is 1.11 bits per heavy atom. The predicted molar refractivity (Wildman–Crippen MR) is 83.8 cm³/mol. The quantitative estimate of drug-likeness (QED) is 0.905. The fraction of sp³-hybridized carbons (Fsp3) is 0.250. The smallest absolute Gasteiger partial charge is 0.129 e. The van der Waals surface area contributed by atoms with Crippen LogP contribution < -0.4 is 4.90 Å². The van der Waals surface area contributed by atoms with Gasteiger partial charge in [0.15, 0.2) is 0 Å². The summed E-state index contributed by atoms with van der Waals surface area (Å²) in [6, 6.07) is 12.1. The Kier molecular flexibility index (Phi) is 4.15. The number of aromatic hydroxyl groups is 1. The fourth-order valence-corrected chi connectivity index (χ4v) is 2.67. The highest BCUT2D eigenvalue weighted by Crippen LogP contribution is 2.26. The van der Waals surface area contributed by atoms with Crippen LogP contribution in [0.25, 0.3) is 0 Å². The molecule has 0 saturated heterocycles. The molecule has 0 unspecified atom stereocenters. The molecule has 0 aromatic heterocycles. The summed E-state index contributed by atoms with van der Waals surface area (Å²) in [6.45, 7) is 5.04. The Bertz CT molecular complexity index is 595. The minimum absolute atomic E-state index is 0.276. The summed E-state index contributed by atoms with van der Waals surface area (Å²) in [5.41, 5.74) is 4.95. The molecule has 2 nitrogen and oxygen atoms in total. The molecule has 3 heteroatoms. The molecule has 0 aliphatic rings. The number of hydrogen-bond acceptors (Lipinski definition) is 2. The van der Waals surface area contributed by atoms with Gasteiger partial charge in [-0.1, -0.05) is 23.8 Å². The summed E-state index contributed by atoms with van der Waals surface area (Å²) in [5.74, 6) is 0.276. The number of rotatable bonds is 3. The Morgan fingerprint density at radius 2 is 1.84 bits per heavy atom. The van der Waals surface area contributed by atoms with E-state index in [0.717, 1.165) is 16.6 Å². The highest BCUT2D eigenvalue weighted by atomic mass is 79.9. The van der Waals surface area contributed by atoms with Crippen LogP contribution in [0.3, 0.4) is 0 Å². The maximum absolute atomic E-state index is 9.51. The second-order valence-corrected chi connectivity index (χ2v) is 5.79. The number of nitrogens with zero attached hydrogens (tertiary/aromatic N) is 1. The van der Waals surface area contributed by atoms with E-state index < -0.39 is 0 Å². The number of benzene rings is 2. The second kappa shape index (κ2) is 5.66. The lowest BCUT2D eigenvalue weighted by atomic mass is 10.1. The monoisotopic (exact) mass is 319 g/mol. The van der Waals surface area contributed by atoms with Crippen molar-refractivity contribution in [2.45, 2.75) is 20.4 Å².